The summed E-state index contributed by atoms with van der Waals surface area (Å²) in [4.78, 5) is 50.1. The van der Waals surface area contributed by atoms with E-state index in [9.17, 15) is 39.6 Å². The summed E-state index contributed by atoms with van der Waals surface area (Å²) in [7, 11) is 0. The number of carbonyl (C=O) groups excluding carboxylic acids is 4. The van der Waals surface area contributed by atoms with Gasteiger partial charge in [0.05, 0.1) is 11.1 Å². The number of rotatable bonds is 7. The van der Waals surface area contributed by atoms with Crippen LogP contribution in [0.4, 0.5) is 0 Å². The molecule has 36 heavy (non-hydrogen) atoms. The molecule has 0 aliphatic rings. The minimum absolute atomic E-state index is 0.0334. The van der Waals surface area contributed by atoms with Crippen molar-refractivity contribution < 1.29 is 39.6 Å². The molecule has 4 N–H and O–H groups in total. The second kappa shape index (κ2) is 9.55. The molecule has 0 saturated heterocycles. The molecule has 0 amide bonds. The summed E-state index contributed by atoms with van der Waals surface area (Å²) < 4.78 is 0. The van der Waals surface area contributed by atoms with Gasteiger partial charge in [0, 0.05) is 11.1 Å². The number of aromatic hydroxyl groups is 4. The van der Waals surface area contributed by atoms with Gasteiger partial charge in [-0.15, -0.1) is 0 Å². The Balaban J connectivity index is 1.58. The molecule has 8 heteroatoms. The van der Waals surface area contributed by atoms with E-state index in [0.29, 0.717) is 11.1 Å². The summed E-state index contributed by atoms with van der Waals surface area (Å²) >= 11 is 0. The molecule has 0 heterocycles. The first kappa shape index (κ1) is 23.9. The number of benzene rings is 4. The van der Waals surface area contributed by atoms with Crippen molar-refractivity contribution in [1.82, 2.24) is 0 Å². The summed E-state index contributed by atoms with van der Waals surface area (Å²) in [6.07, 6.45) is 0. The smallest absolute Gasteiger partial charge is 0.237 e. The first-order valence-electron chi connectivity index (χ1n) is 10.6. The summed E-state index contributed by atoms with van der Waals surface area (Å²) in [5.74, 6) is -5.10. The predicted molar refractivity (Wildman–Crippen MR) is 129 cm³/mol. The fraction of sp³-hybridized carbons (Fsp3) is 0. The fourth-order valence-electron chi connectivity index (χ4n) is 3.61. The average molecular weight is 482 g/mol. The van der Waals surface area contributed by atoms with E-state index in [0.717, 1.165) is 12.1 Å². The van der Waals surface area contributed by atoms with Crippen molar-refractivity contribution in [2.45, 2.75) is 0 Å². The van der Waals surface area contributed by atoms with Gasteiger partial charge in [0.15, 0.2) is 0 Å². The Morgan fingerprint density at radius 1 is 0.444 bits per heavy atom. The van der Waals surface area contributed by atoms with Crippen LogP contribution in [0.2, 0.25) is 0 Å². The molecule has 0 aliphatic carbocycles. The Labute approximate surface area is 204 Å². The fourth-order valence-corrected chi connectivity index (χ4v) is 3.61. The highest BCUT2D eigenvalue weighted by Crippen LogP contribution is 2.31. The number of hydrogen-bond acceptors (Lipinski definition) is 8. The van der Waals surface area contributed by atoms with Crippen molar-refractivity contribution in [3.05, 3.63) is 107 Å². The van der Waals surface area contributed by atoms with Gasteiger partial charge < -0.3 is 20.4 Å². The first-order chi connectivity index (χ1) is 17.2. The van der Waals surface area contributed by atoms with E-state index in [1.165, 1.54) is 72.8 Å². The highest BCUT2D eigenvalue weighted by Gasteiger charge is 2.24. The molecule has 0 bridgehead atoms. The third-order valence-electron chi connectivity index (χ3n) is 5.45. The van der Waals surface area contributed by atoms with Crippen LogP contribution in [0.1, 0.15) is 41.4 Å². The maximum Gasteiger partial charge on any atom is 0.237 e. The molecule has 0 atom stereocenters. The quantitative estimate of drug-likeness (QED) is 0.225. The Morgan fingerprint density at radius 3 is 1.17 bits per heavy atom. The standard InChI is InChI=1S/C28H18O8/c29-19-5-1-3-17(11-19)25(33)27(35)21-9-7-15(13-23(21)31)16-8-10-22(24(32)14-16)28(36)26(34)18-4-2-6-20(30)12-18/h1-14,29-32H. The third kappa shape index (κ3) is 4.69. The molecule has 0 aromatic heterocycles. The summed E-state index contributed by atoms with van der Waals surface area (Å²) in [5.41, 5.74) is 0.160. The first-order valence-corrected chi connectivity index (χ1v) is 10.6. The predicted octanol–water partition coefficient (Wildman–Crippen LogP) is 4.31. The maximum atomic E-state index is 12.6. The minimum Gasteiger partial charge on any atom is -0.508 e. The van der Waals surface area contributed by atoms with Crippen LogP contribution >= 0.6 is 0 Å². The second-order valence-corrected chi connectivity index (χ2v) is 7.88. The monoisotopic (exact) mass is 482 g/mol. The summed E-state index contributed by atoms with van der Waals surface area (Å²) in [6.45, 7) is 0. The third-order valence-corrected chi connectivity index (χ3v) is 5.45. The lowest BCUT2D eigenvalue weighted by molar-refractivity contribution is 0.0815. The van der Waals surface area contributed by atoms with E-state index in [4.69, 9.17) is 0 Å². The van der Waals surface area contributed by atoms with Gasteiger partial charge >= 0.3 is 0 Å². The zero-order valence-electron chi connectivity index (χ0n) is 18.5. The zero-order chi connectivity index (χ0) is 26.0. The molecule has 0 unspecified atom stereocenters. The number of phenolic OH excluding ortho intramolecular Hbond substituents is 4. The van der Waals surface area contributed by atoms with Gasteiger partial charge in [-0.3, -0.25) is 19.2 Å². The van der Waals surface area contributed by atoms with Crippen molar-refractivity contribution in [3.63, 3.8) is 0 Å². The van der Waals surface area contributed by atoms with Crippen LogP contribution in [0.15, 0.2) is 84.9 Å². The molecule has 178 valence electrons. The zero-order valence-corrected chi connectivity index (χ0v) is 18.5. The molecule has 0 radical (unpaired) electrons. The Bertz CT molecular complexity index is 1430. The molecule has 4 aromatic rings. The van der Waals surface area contributed by atoms with Gasteiger partial charge in [0.1, 0.15) is 23.0 Å². The van der Waals surface area contributed by atoms with Crippen LogP contribution in [0.25, 0.3) is 11.1 Å². The van der Waals surface area contributed by atoms with Gasteiger partial charge in [-0.1, -0.05) is 36.4 Å². The minimum atomic E-state index is -0.973. The normalized spacial score (nSPS) is 10.6. The largest absolute Gasteiger partial charge is 0.508 e. The van der Waals surface area contributed by atoms with Gasteiger partial charge in [0.2, 0.25) is 23.1 Å². The molecule has 8 nitrogen and oxygen atoms in total. The van der Waals surface area contributed by atoms with E-state index in [1.54, 1.807) is 0 Å². The van der Waals surface area contributed by atoms with E-state index < -0.39 is 34.6 Å². The van der Waals surface area contributed by atoms with Crippen LogP contribution in [0, 0.1) is 0 Å². The number of hydrogen-bond donors (Lipinski definition) is 4. The van der Waals surface area contributed by atoms with Crippen molar-refractivity contribution in [3.8, 4) is 34.1 Å². The maximum absolute atomic E-state index is 12.6. The highest BCUT2D eigenvalue weighted by molar-refractivity contribution is 6.50. The van der Waals surface area contributed by atoms with Gasteiger partial charge in [-0.2, -0.15) is 0 Å². The summed E-state index contributed by atoms with van der Waals surface area (Å²) in [5, 5.41) is 39.9. The Morgan fingerprint density at radius 2 is 0.833 bits per heavy atom. The lowest BCUT2D eigenvalue weighted by atomic mass is 9.95. The number of phenols is 4. The van der Waals surface area contributed by atoms with E-state index in [-0.39, 0.29) is 33.8 Å². The highest BCUT2D eigenvalue weighted by atomic mass is 16.3. The number of ketones is 4. The van der Waals surface area contributed by atoms with Crippen LogP contribution in [0.3, 0.4) is 0 Å². The van der Waals surface area contributed by atoms with Crippen molar-refractivity contribution in [1.29, 1.82) is 0 Å². The number of Topliss-reactive ketones (excluding diaryl/α,β-unsaturated/α-hetero) is 4. The molecule has 0 fully saturated rings. The topological polar surface area (TPSA) is 149 Å². The average Bonchev–Trinajstić information content (AvgIpc) is 2.87. The van der Waals surface area contributed by atoms with Crippen molar-refractivity contribution >= 4 is 23.1 Å². The Hall–Kier alpha value is -5.24. The lowest BCUT2D eigenvalue weighted by Crippen LogP contribution is -2.15. The molecule has 0 aliphatic heterocycles. The van der Waals surface area contributed by atoms with E-state index in [2.05, 4.69) is 0 Å². The molecule has 0 saturated carbocycles. The molecule has 4 rings (SSSR count). The molecule has 4 aromatic carbocycles. The Kier molecular flexibility index (Phi) is 6.34. The van der Waals surface area contributed by atoms with Crippen LogP contribution in [-0.2, 0) is 0 Å². The van der Waals surface area contributed by atoms with Crippen LogP contribution in [-0.4, -0.2) is 43.6 Å². The van der Waals surface area contributed by atoms with Crippen molar-refractivity contribution in [2.24, 2.45) is 0 Å². The second-order valence-electron chi connectivity index (χ2n) is 7.88. The van der Waals surface area contributed by atoms with E-state index >= 15 is 0 Å². The van der Waals surface area contributed by atoms with Crippen LogP contribution in [0.5, 0.6) is 23.0 Å². The van der Waals surface area contributed by atoms with Gasteiger partial charge in [-0.05, 0) is 59.7 Å². The molecular weight excluding hydrogens is 464 g/mol. The van der Waals surface area contributed by atoms with Crippen molar-refractivity contribution in [2.75, 3.05) is 0 Å². The molecule has 0 spiro atoms. The van der Waals surface area contributed by atoms with Crippen LogP contribution < -0.4 is 0 Å². The lowest BCUT2D eigenvalue weighted by Gasteiger charge is -2.09. The number of carbonyl (C=O) groups is 4. The SMILES string of the molecule is O=C(C(=O)c1ccc(-c2ccc(C(=O)C(=O)c3cccc(O)c3)c(O)c2)cc1O)c1cccc(O)c1. The van der Waals surface area contributed by atoms with Gasteiger partial charge in [-0.25, -0.2) is 0 Å². The van der Waals surface area contributed by atoms with Gasteiger partial charge in [0.25, 0.3) is 0 Å². The molecular formula is C28H18O8. The summed E-state index contributed by atoms with van der Waals surface area (Å²) in [6, 6.07) is 18.4. The van der Waals surface area contributed by atoms with E-state index in [1.807, 2.05) is 0 Å².